The van der Waals surface area contributed by atoms with Gasteiger partial charge in [-0.3, -0.25) is 15.0 Å². The van der Waals surface area contributed by atoms with Gasteiger partial charge in [0.1, 0.15) is 34.5 Å². The van der Waals surface area contributed by atoms with Crippen molar-refractivity contribution in [1.82, 2.24) is 20.2 Å². The lowest BCUT2D eigenvalue weighted by Gasteiger charge is -2.51. The smallest absolute Gasteiger partial charge is 0.479 e. The molecule has 1 aromatic carbocycles. The summed E-state index contributed by atoms with van der Waals surface area (Å²) in [5.74, 6) is -7.27. The summed E-state index contributed by atoms with van der Waals surface area (Å²) in [4.78, 5) is 64.5. The number of ether oxygens (including phenoxy) is 4. The zero-order valence-corrected chi connectivity index (χ0v) is 32.4. The standard InChI is InChI=1S/C37H41F5N6O9/c1-15-21-22-28(45-24(15)29(49)43-9)47-14-36(31(50)51)11-10-20(48(36)33(53)57-35(6,7)8)26(47)16(2)54-30(22)46-25(23(21)39)18-12-17(44-32(52)56-34(3,4)5)13-19(38)27(18)55-37(40,41)42/h12-13,16,20,26H,10-11,14H2,1-9H3,(H,43,49)(H,44,52)(H,50,51)/t16-,20-,26+,36+/m0/s1. The fourth-order valence-corrected chi connectivity index (χ4v) is 7.71. The van der Waals surface area contributed by atoms with Gasteiger partial charge in [-0.1, -0.05) is 0 Å². The molecule has 3 aliphatic heterocycles. The first-order chi connectivity index (χ1) is 26.3. The van der Waals surface area contributed by atoms with E-state index in [1.807, 2.05) is 0 Å². The molecule has 0 aliphatic carbocycles. The van der Waals surface area contributed by atoms with Crippen molar-refractivity contribution in [2.75, 3.05) is 23.8 Å². The number of carbonyl (C=O) groups excluding carboxylic acids is 3. The number of anilines is 2. The number of carboxylic acid groups (broad SMARTS) is 1. The van der Waals surface area contributed by atoms with Crippen LogP contribution in [0.4, 0.5) is 43.0 Å². The third-order valence-corrected chi connectivity index (χ3v) is 9.75. The number of aliphatic carboxylic acids is 1. The molecule has 3 aromatic rings. The zero-order chi connectivity index (χ0) is 42.3. The molecule has 5 heterocycles. The second kappa shape index (κ2) is 13.8. The largest absolute Gasteiger partial charge is 0.573 e. The number of hydrogen-bond acceptors (Lipinski definition) is 11. The number of piperazine rings is 1. The van der Waals surface area contributed by atoms with Crippen molar-refractivity contribution in [3.05, 3.63) is 35.0 Å². The van der Waals surface area contributed by atoms with Crippen molar-refractivity contribution in [2.45, 2.75) is 110 Å². The van der Waals surface area contributed by atoms with Crippen LogP contribution in [0.2, 0.25) is 0 Å². The Morgan fingerprint density at radius 3 is 2.23 bits per heavy atom. The number of amides is 3. The average Bonchev–Trinajstić information content (AvgIpc) is 3.28. The van der Waals surface area contributed by atoms with Crippen LogP contribution in [0.3, 0.4) is 0 Å². The van der Waals surface area contributed by atoms with Crippen molar-refractivity contribution in [1.29, 1.82) is 0 Å². The Kier molecular flexibility index (Phi) is 9.88. The number of halogens is 5. The lowest BCUT2D eigenvalue weighted by atomic mass is 9.91. The van der Waals surface area contributed by atoms with Gasteiger partial charge in [-0.05, 0) is 79.9 Å². The molecule has 308 valence electrons. The summed E-state index contributed by atoms with van der Waals surface area (Å²) in [5, 5.41) is 14.7. The van der Waals surface area contributed by atoms with Crippen molar-refractivity contribution >= 4 is 46.3 Å². The van der Waals surface area contributed by atoms with Gasteiger partial charge in [-0.2, -0.15) is 0 Å². The van der Waals surface area contributed by atoms with E-state index >= 15 is 8.78 Å². The monoisotopic (exact) mass is 808 g/mol. The molecule has 2 bridgehead atoms. The van der Waals surface area contributed by atoms with E-state index in [1.54, 1.807) is 27.7 Å². The summed E-state index contributed by atoms with van der Waals surface area (Å²) in [6.07, 6.45) is -8.39. The number of alkyl halides is 3. The number of rotatable bonds is 5. The van der Waals surface area contributed by atoms with Crippen LogP contribution in [-0.2, 0) is 14.3 Å². The number of carbonyl (C=O) groups is 4. The quantitative estimate of drug-likeness (QED) is 0.233. The summed E-state index contributed by atoms with van der Waals surface area (Å²) in [5.41, 5.74) is -6.69. The van der Waals surface area contributed by atoms with E-state index < -0.39 is 117 Å². The van der Waals surface area contributed by atoms with Crippen molar-refractivity contribution < 1.29 is 65.2 Å². The number of fused-ring (bicyclic) bond motifs is 5. The molecule has 0 unspecified atom stereocenters. The molecule has 2 fully saturated rings. The Hall–Kier alpha value is -5.69. The van der Waals surface area contributed by atoms with Gasteiger partial charge in [0.2, 0.25) is 5.88 Å². The Labute approximate surface area is 322 Å². The Morgan fingerprint density at radius 1 is 1.00 bits per heavy atom. The SMILES string of the molecule is CNC(=O)c1nc2c3c(nc(-c4cc(NC(=O)OC(C)(C)C)cc(F)c4OC(F)(F)F)c(F)c3c1C)O[C@@H](C)[C@@H]1[C@@H]3CC[C@](C(=O)O)(CN21)N3C(=O)OC(C)(C)C. The van der Waals surface area contributed by atoms with E-state index in [-0.39, 0.29) is 35.3 Å². The summed E-state index contributed by atoms with van der Waals surface area (Å²) < 4.78 is 95.6. The van der Waals surface area contributed by atoms with Gasteiger partial charge in [0.15, 0.2) is 22.9 Å². The fraction of sp³-hybridized carbons (Fsp3) is 0.514. The van der Waals surface area contributed by atoms with Gasteiger partial charge >= 0.3 is 24.5 Å². The van der Waals surface area contributed by atoms with Crippen LogP contribution in [0.5, 0.6) is 11.6 Å². The minimum absolute atomic E-state index is 0.0110. The maximum Gasteiger partial charge on any atom is 0.573 e. The number of benzene rings is 1. The van der Waals surface area contributed by atoms with Gasteiger partial charge in [-0.15, -0.1) is 13.2 Å². The molecular formula is C37H41F5N6O9. The van der Waals surface area contributed by atoms with Crippen LogP contribution in [0.25, 0.3) is 22.0 Å². The molecule has 20 heteroatoms. The van der Waals surface area contributed by atoms with Gasteiger partial charge in [0.25, 0.3) is 5.91 Å². The highest BCUT2D eigenvalue weighted by atomic mass is 19.4. The molecule has 0 saturated carbocycles. The van der Waals surface area contributed by atoms with Crippen LogP contribution in [-0.4, -0.2) is 98.9 Å². The van der Waals surface area contributed by atoms with Crippen LogP contribution in [0.15, 0.2) is 12.1 Å². The highest BCUT2D eigenvalue weighted by molar-refractivity contribution is 6.07. The molecule has 6 rings (SSSR count). The molecule has 3 aliphatic rings. The van der Waals surface area contributed by atoms with Crippen LogP contribution < -0.4 is 25.0 Å². The number of hydrogen-bond donors (Lipinski definition) is 3. The van der Waals surface area contributed by atoms with E-state index in [0.29, 0.717) is 6.07 Å². The predicted octanol–water partition coefficient (Wildman–Crippen LogP) is 6.68. The van der Waals surface area contributed by atoms with Crippen LogP contribution in [0.1, 0.15) is 77.4 Å². The van der Waals surface area contributed by atoms with Crippen molar-refractivity contribution in [3.63, 3.8) is 0 Å². The van der Waals surface area contributed by atoms with Gasteiger partial charge < -0.3 is 34.3 Å². The lowest BCUT2D eigenvalue weighted by molar-refractivity contribution is -0.275. The number of nitrogens with one attached hydrogen (secondary N) is 2. The molecule has 57 heavy (non-hydrogen) atoms. The summed E-state index contributed by atoms with van der Waals surface area (Å²) >= 11 is 0. The number of carboxylic acids is 1. The van der Waals surface area contributed by atoms with Crippen molar-refractivity contribution in [2.24, 2.45) is 0 Å². The molecule has 3 N–H and O–H groups in total. The molecule has 2 saturated heterocycles. The molecular weight excluding hydrogens is 767 g/mol. The van der Waals surface area contributed by atoms with Crippen LogP contribution >= 0.6 is 0 Å². The third kappa shape index (κ3) is 7.36. The van der Waals surface area contributed by atoms with E-state index in [1.165, 1.54) is 39.6 Å². The second-order valence-corrected chi connectivity index (χ2v) is 16.1. The number of pyridine rings is 2. The molecule has 4 atom stereocenters. The summed E-state index contributed by atoms with van der Waals surface area (Å²) in [6.45, 7) is 11.9. The molecule has 0 radical (unpaired) electrons. The third-order valence-electron chi connectivity index (χ3n) is 9.75. The maximum absolute atomic E-state index is 17.4. The number of aromatic nitrogens is 2. The molecule has 0 spiro atoms. The average molecular weight is 809 g/mol. The lowest BCUT2D eigenvalue weighted by Crippen LogP contribution is -2.72. The Balaban J connectivity index is 1.63. The maximum atomic E-state index is 17.4. The van der Waals surface area contributed by atoms with Gasteiger partial charge in [0.05, 0.1) is 29.6 Å². The first-order valence-electron chi connectivity index (χ1n) is 17.8. The Morgan fingerprint density at radius 2 is 1.65 bits per heavy atom. The number of aryl methyl sites for hydroxylation is 1. The van der Waals surface area contributed by atoms with Crippen LogP contribution in [0, 0.1) is 18.6 Å². The normalized spacial score (nSPS) is 21.6. The topological polar surface area (TPSA) is 182 Å². The highest BCUT2D eigenvalue weighted by Gasteiger charge is 2.64. The minimum Gasteiger partial charge on any atom is -0.479 e. The highest BCUT2D eigenvalue weighted by Crippen LogP contribution is 2.51. The minimum atomic E-state index is -5.48. The second-order valence-electron chi connectivity index (χ2n) is 16.1. The van der Waals surface area contributed by atoms with E-state index in [2.05, 4.69) is 25.3 Å². The van der Waals surface area contributed by atoms with Gasteiger partial charge in [-0.25, -0.2) is 33.1 Å². The van der Waals surface area contributed by atoms with E-state index in [0.717, 1.165) is 11.0 Å². The fourth-order valence-electron chi connectivity index (χ4n) is 7.71. The first kappa shape index (κ1) is 41.0. The molecule has 15 nitrogen and oxygen atoms in total. The summed E-state index contributed by atoms with van der Waals surface area (Å²) in [6, 6.07) is -0.518. The summed E-state index contributed by atoms with van der Waals surface area (Å²) in [7, 11) is 1.28. The van der Waals surface area contributed by atoms with Crippen molar-refractivity contribution in [3.8, 4) is 22.9 Å². The van der Waals surface area contributed by atoms with Gasteiger partial charge in [0, 0.05) is 24.2 Å². The zero-order valence-electron chi connectivity index (χ0n) is 32.4. The number of nitrogens with zero attached hydrogens (tertiary/aromatic N) is 4. The first-order valence-corrected chi connectivity index (χ1v) is 17.8. The molecule has 3 amide bonds. The Bertz CT molecular complexity index is 2210. The molecule has 2 aromatic heterocycles. The predicted molar refractivity (Wildman–Crippen MR) is 192 cm³/mol. The van der Waals surface area contributed by atoms with E-state index in [9.17, 15) is 37.5 Å². The van der Waals surface area contributed by atoms with E-state index in [4.69, 9.17) is 14.2 Å².